The molecule has 4 heteroatoms. The monoisotopic (exact) mass is 370 g/mol. The zero-order chi connectivity index (χ0) is 19.2. The normalized spacial score (nSPS) is 10.3. The van der Waals surface area contributed by atoms with Crippen LogP contribution in [0.1, 0.15) is 0 Å². The molecule has 0 amide bonds. The molecule has 0 saturated heterocycles. The van der Waals surface area contributed by atoms with E-state index in [0.29, 0.717) is 23.0 Å². The highest BCUT2D eigenvalue weighted by atomic mass is 16.5. The molecule has 4 rings (SSSR count). The van der Waals surface area contributed by atoms with Gasteiger partial charge < -0.3 is 19.3 Å². The van der Waals surface area contributed by atoms with E-state index in [9.17, 15) is 5.11 Å². The van der Waals surface area contributed by atoms with Gasteiger partial charge in [-0.2, -0.15) is 0 Å². The summed E-state index contributed by atoms with van der Waals surface area (Å²) in [6.45, 7) is 0. The highest BCUT2D eigenvalue weighted by molar-refractivity contribution is 5.40. The molecule has 0 unspecified atom stereocenters. The van der Waals surface area contributed by atoms with E-state index >= 15 is 0 Å². The minimum absolute atomic E-state index is 0.205. The summed E-state index contributed by atoms with van der Waals surface area (Å²) in [5, 5.41) is 9.31. The minimum atomic E-state index is 0.205. The van der Waals surface area contributed by atoms with E-state index in [0.717, 1.165) is 11.5 Å². The van der Waals surface area contributed by atoms with Crippen LogP contribution in [0.4, 0.5) is 0 Å². The van der Waals surface area contributed by atoms with Crippen molar-refractivity contribution < 1.29 is 19.3 Å². The lowest BCUT2D eigenvalue weighted by Gasteiger charge is -2.09. The zero-order valence-corrected chi connectivity index (χ0v) is 15.0. The lowest BCUT2D eigenvalue weighted by molar-refractivity contribution is 0.459. The Morgan fingerprint density at radius 3 is 1.00 bits per heavy atom. The maximum absolute atomic E-state index is 9.31. The number of para-hydroxylation sites is 1. The number of phenols is 1. The molecule has 0 saturated carbocycles. The van der Waals surface area contributed by atoms with Crippen molar-refractivity contribution in [3.05, 3.63) is 103 Å². The summed E-state index contributed by atoms with van der Waals surface area (Å²) in [7, 11) is 0. The molecule has 4 aromatic rings. The topological polar surface area (TPSA) is 47.9 Å². The van der Waals surface area contributed by atoms with Crippen LogP contribution in [0.15, 0.2) is 103 Å². The fraction of sp³-hybridized carbons (Fsp3) is 0. The lowest BCUT2D eigenvalue weighted by atomic mass is 10.3. The molecule has 138 valence electrons. The molecule has 0 aliphatic heterocycles. The lowest BCUT2D eigenvalue weighted by Crippen LogP contribution is -1.87. The van der Waals surface area contributed by atoms with Gasteiger partial charge >= 0.3 is 0 Å². The van der Waals surface area contributed by atoms with Crippen LogP contribution in [0.3, 0.4) is 0 Å². The van der Waals surface area contributed by atoms with Gasteiger partial charge in [-0.1, -0.05) is 18.2 Å². The molecule has 0 fully saturated rings. The molecule has 0 radical (unpaired) electrons. The van der Waals surface area contributed by atoms with E-state index in [2.05, 4.69) is 0 Å². The Balaban J connectivity index is 1.36. The second-order valence-corrected chi connectivity index (χ2v) is 6.06. The van der Waals surface area contributed by atoms with E-state index in [1.807, 2.05) is 78.9 Å². The van der Waals surface area contributed by atoms with Crippen LogP contribution in [0.2, 0.25) is 0 Å². The summed E-state index contributed by atoms with van der Waals surface area (Å²) in [5.74, 6) is 4.50. The van der Waals surface area contributed by atoms with E-state index < -0.39 is 0 Å². The standard InChI is InChI=1S/C24H18O4/c25-18-6-8-20(9-7-18)27-22-14-16-24(17-15-22)28-23-12-10-21(11-13-23)26-19-4-2-1-3-5-19/h1-17,25H. The van der Waals surface area contributed by atoms with Crippen molar-refractivity contribution in [3.8, 4) is 40.2 Å². The molecule has 4 nitrogen and oxygen atoms in total. The predicted molar refractivity (Wildman–Crippen MR) is 108 cm³/mol. The van der Waals surface area contributed by atoms with Gasteiger partial charge in [0.15, 0.2) is 0 Å². The molecule has 0 heterocycles. The van der Waals surface area contributed by atoms with Crippen molar-refractivity contribution in [2.75, 3.05) is 0 Å². The Morgan fingerprint density at radius 1 is 0.357 bits per heavy atom. The Labute approximate surface area is 163 Å². The quantitative estimate of drug-likeness (QED) is 0.407. The van der Waals surface area contributed by atoms with Crippen molar-refractivity contribution in [2.24, 2.45) is 0 Å². The van der Waals surface area contributed by atoms with Crippen molar-refractivity contribution in [3.63, 3.8) is 0 Å². The molecular weight excluding hydrogens is 352 g/mol. The average Bonchev–Trinajstić information content (AvgIpc) is 2.73. The largest absolute Gasteiger partial charge is 0.508 e. The first-order valence-corrected chi connectivity index (χ1v) is 8.82. The number of benzene rings is 4. The van der Waals surface area contributed by atoms with Gasteiger partial charge in [0, 0.05) is 0 Å². The van der Waals surface area contributed by atoms with Crippen LogP contribution < -0.4 is 14.2 Å². The summed E-state index contributed by atoms with van der Waals surface area (Å²) in [4.78, 5) is 0. The van der Waals surface area contributed by atoms with E-state index in [1.54, 1.807) is 24.3 Å². The van der Waals surface area contributed by atoms with Gasteiger partial charge in [-0.15, -0.1) is 0 Å². The zero-order valence-electron chi connectivity index (χ0n) is 15.0. The van der Waals surface area contributed by atoms with Crippen molar-refractivity contribution in [2.45, 2.75) is 0 Å². The summed E-state index contributed by atoms with van der Waals surface area (Å²) < 4.78 is 17.4. The minimum Gasteiger partial charge on any atom is -0.508 e. The van der Waals surface area contributed by atoms with E-state index in [-0.39, 0.29) is 5.75 Å². The third-order valence-corrected chi connectivity index (χ3v) is 3.93. The van der Waals surface area contributed by atoms with Gasteiger partial charge in [-0.3, -0.25) is 0 Å². The summed E-state index contributed by atoms with van der Waals surface area (Å²) in [6, 6.07) is 31.0. The maximum atomic E-state index is 9.31. The Kier molecular flexibility index (Phi) is 5.11. The van der Waals surface area contributed by atoms with Crippen molar-refractivity contribution >= 4 is 0 Å². The smallest absolute Gasteiger partial charge is 0.127 e. The number of phenolic OH excluding ortho intramolecular Hbond substituents is 1. The number of aromatic hydroxyl groups is 1. The summed E-state index contributed by atoms with van der Waals surface area (Å²) in [6.07, 6.45) is 0. The number of rotatable bonds is 6. The van der Waals surface area contributed by atoms with Crippen molar-refractivity contribution in [1.29, 1.82) is 0 Å². The van der Waals surface area contributed by atoms with Gasteiger partial charge in [0.25, 0.3) is 0 Å². The van der Waals surface area contributed by atoms with Crippen LogP contribution >= 0.6 is 0 Å². The Morgan fingerprint density at radius 2 is 0.643 bits per heavy atom. The van der Waals surface area contributed by atoms with Gasteiger partial charge in [0.2, 0.25) is 0 Å². The maximum Gasteiger partial charge on any atom is 0.127 e. The molecule has 0 aliphatic carbocycles. The van der Waals surface area contributed by atoms with Crippen LogP contribution in [-0.4, -0.2) is 5.11 Å². The fourth-order valence-corrected chi connectivity index (χ4v) is 2.56. The molecular formula is C24H18O4. The van der Waals surface area contributed by atoms with Crippen LogP contribution in [0, 0.1) is 0 Å². The SMILES string of the molecule is Oc1ccc(Oc2ccc(Oc3ccc(Oc4ccccc4)cc3)cc2)cc1. The van der Waals surface area contributed by atoms with Crippen LogP contribution in [0.5, 0.6) is 40.2 Å². The van der Waals surface area contributed by atoms with Gasteiger partial charge in [-0.25, -0.2) is 0 Å². The molecule has 4 aromatic carbocycles. The molecule has 0 bridgehead atoms. The second-order valence-electron chi connectivity index (χ2n) is 6.06. The molecule has 0 spiro atoms. The third kappa shape index (κ3) is 4.62. The van der Waals surface area contributed by atoms with Gasteiger partial charge in [0.05, 0.1) is 0 Å². The molecule has 1 N–H and O–H groups in total. The van der Waals surface area contributed by atoms with Gasteiger partial charge in [-0.05, 0) is 84.9 Å². The first kappa shape index (κ1) is 17.5. The average molecular weight is 370 g/mol. The van der Waals surface area contributed by atoms with Crippen LogP contribution in [0.25, 0.3) is 0 Å². The summed E-state index contributed by atoms with van der Waals surface area (Å²) in [5.41, 5.74) is 0. The number of ether oxygens (including phenoxy) is 3. The van der Waals surface area contributed by atoms with Gasteiger partial charge in [0.1, 0.15) is 40.2 Å². The Hall–Kier alpha value is -3.92. The van der Waals surface area contributed by atoms with E-state index in [4.69, 9.17) is 14.2 Å². The third-order valence-electron chi connectivity index (χ3n) is 3.93. The first-order valence-electron chi connectivity index (χ1n) is 8.82. The highest BCUT2D eigenvalue weighted by Gasteiger charge is 2.02. The van der Waals surface area contributed by atoms with E-state index in [1.165, 1.54) is 0 Å². The fourth-order valence-electron chi connectivity index (χ4n) is 2.56. The molecule has 0 aliphatic rings. The van der Waals surface area contributed by atoms with Crippen molar-refractivity contribution in [1.82, 2.24) is 0 Å². The molecule has 28 heavy (non-hydrogen) atoms. The molecule has 0 aromatic heterocycles. The summed E-state index contributed by atoms with van der Waals surface area (Å²) >= 11 is 0. The first-order chi connectivity index (χ1) is 13.7. The molecule has 0 atom stereocenters. The van der Waals surface area contributed by atoms with Crippen LogP contribution in [-0.2, 0) is 0 Å². The highest BCUT2D eigenvalue weighted by Crippen LogP contribution is 2.29. The number of hydrogen-bond acceptors (Lipinski definition) is 4. The second kappa shape index (κ2) is 8.18. The predicted octanol–water partition coefficient (Wildman–Crippen LogP) is 6.77. The number of hydrogen-bond donors (Lipinski definition) is 1. The Bertz CT molecular complexity index is 1010.